The van der Waals surface area contributed by atoms with Crippen LogP contribution in [0.25, 0.3) is 0 Å². The molecule has 2 nitrogen and oxygen atoms in total. The van der Waals surface area contributed by atoms with E-state index in [1.165, 1.54) is 44.1 Å². The number of esters is 1. The van der Waals surface area contributed by atoms with E-state index in [0.717, 1.165) is 5.92 Å². The van der Waals surface area contributed by atoms with Crippen LogP contribution in [0.2, 0.25) is 5.02 Å². The van der Waals surface area contributed by atoms with Crippen LogP contribution in [0, 0.1) is 5.92 Å². The van der Waals surface area contributed by atoms with Crippen LogP contribution in [0.4, 0.5) is 0 Å². The minimum atomic E-state index is -0.333. The van der Waals surface area contributed by atoms with Gasteiger partial charge in [0.1, 0.15) is 5.75 Å². The summed E-state index contributed by atoms with van der Waals surface area (Å²) < 4.78 is 5.38. The fourth-order valence-corrected chi connectivity index (χ4v) is 3.88. The van der Waals surface area contributed by atoms with Gasteiger partial charge in [-0.2, -0.15) is 0 Å². The van der Waals surface area contributed by atoms with E-state index in [-0.39, 0.29) is 5.97 Å². The molecular weight excluding hydrogens is 332 g/mol. The summed E-state index contributed by atoms with van der Waals surface area (Å²) >= 11 is 5.84. The van der Waals surface area contributed by atoms with Gasteiger partial charge in [0.25, 0.3) is 0 Å². The number of carbonyl (C=O) groups excluding carboxylic acids is 1. The molecule has 3 heteroatoms. The van der Waals surface area contributed by atoms with Gasteiger partial charge in [-0.15, -0.1) is 0 Å². The Labute approximate surface area is 155 Å². The van der Waals surface area contributed by atoms with Crippen molar-refractivity contribution in [1.29, 1.82) is 0 Å². The summed E-state index contributed by atoms with van der Waals surface area (Å²) in [6.45, 7) is 2.27. The molecule has 0 radical (unpaired) electrons. The first-order valence-electron chi connectivity index (χ1n) is 9.23. The highest BCUT2D eigenvalue weighted by atomic mass is 35.5. The predicted molar refractivity (Wildman–Crippen MR) is 102 cm³/mol. The molecule has 0 aliphatic heterocycles. The van der Waals surface area contributed by atoms with Gasteiger partial charge in [0.2, 0.25) is 0 Å². The number of rotatable bonds is 5. The van der Waals surface area contributed by atoms with E-state index in [4.69, 9.17) is 16.3 Å². The highest BCUT2D eigenvalue weighted by molar-refractivity contribution is 6.30. The zero-order chi connectivity index (χ0) is 17.6. The van der Waals surface area contributed by atoms with Crippen LogP contribution in [0.15, 0.2) is 48.5 Å². The van der Waals surface area contributed by atoms with Crippen molar-refractivity contribution in [2.75, 3.05) is 0 Å². The van der Waals surface area contributed by atoms with Gasteiger partial charge in [-0.3, -0.25) is 0 Å². The first kappa shape index (κ1) is 18.0. The Bertz CT molecular complexity index is 683. The molecule has 0 aromatic heterocycles. The molecule has 1 aliphatic rings. The Morgan fingerprint density at radius 1 is 1.00 bits per heavy atom. The summed E-state index contributed by atoms with van der Waals surface area (Å²) in [7, 11) is 0. The van der Waals surface area contributed by atoms with E-state index in [0.29, 0.717) is 22.3 Å². The van der Waals surface area contributed by atoms with E-state index in [9.17, 15) is 4.79 Å². The van der Waals surface area contributed by atoms with Gasteiger partial charge in [-0.05, 0) is 79.5 Å². The third-order valence-electron chi connectivity index (χ3n) is 5.19. The molecule has 0 bridgehead atoms. The molecule has 0 atom stereocenters. The first-order chi connectivity index (χ1) is 12.2. The standard InChI is InChI=1S/C22H25ClO2/c1-2-3-16-4-6-17(7-5-16)18-8-10-19(11-9-18)22(24)25-21-14-12-20(23)13-15-21/h8-17H,2-7H2,1H3/t16-,17-. The van der Waals surface area contributed by atoms with Crippen LogP contribution in [-0.2, 0) is 0 Å². The monoisotopic (exact) mass is 356 g/mol. The topological polar surface area (TPSA) is 26.3 Å². The highest BCUT2D eigenvalue weighted by Crippen LogP contribution is 2.37. The molecule has 2 aromatic carbocycles. The van der Waals surface area contributed by atoms with Crippen LogP contribution in [0.1, 0.15) is 67.3 Å². The van der Waals surface area contributed by atoms with Gasteiger partial charge in [0, 0.05) is 5.02 Å². The van der Waals surface area contributed by atoms with Crippen molar-refractivity contribution < 1.29 is 9.53 Å². The maximum Gasteiger partial charge on any atom is 0.343 e. The third kappa shape index (κ3) is 4.85. The van der Waals surface area contributed by atoms with Crippen molar-refractivity contribution >= 4 is 17.6 Å². The lowest BCUT2D eigenvalue weighted by atomic mass is 9.77. The minimum absolute atomic E-state index is 0.333. The van der Waals surface area contributed by atoms with Crippen molar-refractivity contribution in [3.8, 4) is 5.75 Å². The molecule has 0 amide bonds. The molecule has 1 fully saturated rings. The molecule has 25 heavy (non-hydrogen) atoms. The van der Waals surface area contributed by atoms with Crippen molar-refractivity contribution in [1.82, 2.24) is 0 Å². The van der Waals surface area contributed by atoms with E-state index < -0.39 is 0 Å². The third-order valence-corrected chi connectivity index (χ3v) is 5.44. The molecule has 1 saturated carbocycles. The summed E-state index contributed by atoms with van der Waals surface area (Å²) in [5.41, 5.74) is 1.93. The van der Waals surface area contributed by atoms with Gasteiger partial charge in [0.15, 0.2) is 0 Å². The van der Waals surface area contributed by atoms with Gasteiger partial charge in [0.05, 0.1) is 5.56 Å². The van der Waals surface area contributed by atoms with Crippen molar-refractivity contribution in [3.05, 3.63) is 64.7 Å². The Morgan fingerprint density at radius 3 is 2.24 bits per heavy atom. The van der Waals surface area contributed by atoms with Crippen LogP contribution < -0.4 is 4.74 Å². The van der Waals surface area contributed by atoms with Gasteiger partial charge in [-0.25, -0.2) is 4.79 Å². The minimum Gasteiger partial charge on any atom is -0.423 e. The lowest BCUT2D eigenvalue weighted by Crippen LogP contribution is -2.13. The SMILES string of the molecule is CCC[C@H]1CC[C@H](c2ccc(C(=O)Oc3ccc(Cl)cc3)cc2)CC1. The maximum absolute atomic E-state index is 12.2. The molecule has 132 valence electrons. The Hall–Kier alpha value is -1.80. The van der Waals surface area contributed by atoms with Crippen LogP contribution in [0.5, 0.6) is 5.75 Å². The van der Waals surface area contributed by atoms with Gasteiger partial charge < -0.3 is 4.74 Å². The van der Waals surface area contributed by atoms with E-state index >= 15 is 0 Å². The zero-order valence-corrected chi connectivity index (χ0v) is 15.5. The quantitative estimate of drug-likeness (QED) is 0.443. The predicted octanol–water partition coefficient (Wildman–Crippen LogP) is 6.63. The fraction of sp³-hybridized carbons (Fsp3) is 0.409. The van der Waals surface area contributed by atoms with Gasteiger partial charge in [-0.1, -0.05) is 43.5 Å². The lowest BCUT2D eigenvalue weighted by Gasteiger charge is -2.28. The fourth-order valence-electron chi connectivity index (χ4n) is 3.75. The number of ether oxygens (including phenoxy) is 1. The van der Waals surface area contributed by atoms with E-state index in [2.05, 4.69) is 19.1 Å². The molecule has 0 saturated heterocycles. The molecule has 2 aromatic rings. The molecule has 0 N–H and O–H groups in total. The Morgan fingerprint density at radius 2 is 1.64 bits per heavy atom. The Kier molecular flexibility index (Phi) is 6.14. The van der Waals surface area contributed by atoms with Crippen LogP contribution in [-0.4, -0.2) is 5.97 Å². The van der Waals surface area contributed by atoms with Crippen molar-refractivity contribution in [2.24, 2.45) is 5.92 Å². The Balaban J connectivity index is 1.58. The number of halogens is 1. The summed E-state index contributed by atoms with van der Waals surface area (Å²) in [6, 6.07) is 14.8. The van der Waals surface area contributed by atoms with E-state index in [1.54, 1.807) is 24.3 Å². The lowest BCUT2D eigenvalue weighted by molar-refractivity contribution is 0.0734. The number of hydrogen-bond acceptors (Lipinski definition) is 2. The molecule has 0 spiro atoms. The summed E-state index contributed by atoms with van der Waals surface area (Å²) in [4.78, 5) is 12.2. The maximum atomic E-state index is 12.2. The molecular formula is C22H25ClO2. The second kappa shape index (κ2) is 8.53. The van der Waals surface area contributed by atoms with Crippen LogP contribution in [0.3, 0.4) is 0 Å². The molecule has 0 unspecified atom stereocenters. The van der Waals surface area contributed by atoms with Crippen LogP contribution >= 0.6 is 11.6 Å². The molecule has 1 aliphatic carbocycles. The number of benzene rings is 2. The second-order valence-corrected chi connectivity index (χ2v) is 7.41. The number of carbonyl (C=O) groups is 1. The molecule has 0 heterocycles. The summed E-state index contributed by atoms with van der Waals surface area (Å²) in [5, 5.41) is 0.623. The van der Waals surface area contributed by atoms with Gasteiger partial charge >= 0.3 is 5.97 Å². The average molecular weight is 357 g/mol. The average Bonchev–Trinajstić information content (AvgIpc) is 2.65. The smallest absolute Gasteiger partial charge is 0.343 e. The normalized spacial score (nSPS) is 20.2. The van der Waals surface area contributed by atoms with Crippen molar-refractivity contribution in [3.63, 3.8) is 0 Å². The summed E-state index contributed by atoms with van der Waals surface area (Å²) in [6.07, 6.45) is 7.85. The molecule has 3 rings (SSSR count). The zero-order valence-electron chi connectivity index (χ0n) is 14.7. The second-order valence-electron chi connectivity index (χ2n) is 6.97. The van der Waals surface area contributed by atoms with Crippen molar-refractivity contribution in [2.45, 2.75) is 51.4 Å². The largest absolute Gasteiger partial charge is 0.423 e. The van der Waals surface area contributed by atoms with E-state index in [1.807, 2.05) is 12.1 Å². The highest BCUT2D eigenvalue weighted by Gasteiger charge is 2.22. The number of hydrogen-bond donors (Lipinski definition) is 0. The first-order valence-corrected chi connectivity index (χ1v) is 9.61. The summed E-state index contributed by atoms with van der Waals surface area (Å²) in [5.74, 6) is 1.72.